The van der Waals surface area contributed by atoms with Crippen molar-refractivity contribution in [3.8, 4) is 0 Å². The van der Waals surface area contributed by atoms with Crippen LogP contribution in [0, 0.1) is 5.82 Å². The smallest absolute Gasteiger partial charge is 0.129 e. The standard InChI is InChI=1S/C12H16ClFN2/c1-16-7-3-6-10(15)12(16)11-8(13)4-2-5-9(11)14/h2,4-5,10,12H,3,6-7,15H2,1H3. The molecule has 0 saturated carbocycles. The minimum absolute atomic E-state index is 0.0480. The van der Waals surface area contributed by atoms with Crippen molar-refractivity contribution in [2.45, 2.75) is 24.9 Å². The van der Waals surface area contributed by atoms with Gasteiger partial charge in [-0.1, -0.05) is 17.7 Å². The maximum Gasteiger partial charge on any atom is 0.129 e. The zero-order chi connectivity index (χ0) is 11.7. The third kappa shape index (κ3) is 2.08. The van der Waals surface area contributed by atoms with E-state index in [0.717, 1.165) is 19.4 Å². The van der Waals surface area contributed by atoms with Crippen LogP contribution >= 0.6 is 11.6 Å². The van der Waals surface area contributed by atoms with E-state index in [9.17, 15) is 4.39 Å². The van der Waals surface area contributed by atoms with Gasteiger partial charge >= 0.3 is 0 Å². The fourth-order valence-electron chi connectivity index (χ4n) is 2.43. The summed E-state index contributed by atoms with van der Waals surface area (Å²) in [5.74, 6) is -0.262. The molecule has 1 heterocycles. The van der Waals surface area contributed by atoms with Crippen LogP contribution in [-0.4, -0.2) is 24.5 Å². The molecule has 2 nitrogen and oxygen atoms in total. The van der Waals surface area contributed by atoms with Crippen molar-refractivity contribution in [2.24, 2.45) is 5.73 Å². The molecule has 0 bridgehead atoms. The highest BCUT2D eigenvalue weighted by Crippen LogP contribution is 2.34. The number of rotatable bonds is 1. The van der Waals surface area contributed by atoms with E-state index in [2.05, 4.69) is 4.90 Å². The minimum Gasteiger partial charge on any atom is -0.326 e. The van der Waals surface area contributed by atoms with E-state index in [1.807, 2.05) is 7.05 Å². The number of hydrogen-bond acceptors (Lipinski definition) is 2. The Bertz CT molecular complexity index is 353. The largest absolute Gasteiger partial charge is 0.326 e. The first-order valence-electron chi connectivity index (χ1n) is 5.51. The summed E-state index contributed by atoms with van der Waals surface area (Å²) in [6, 6.07) is 4.62. The predicted octanol–water partition coefficient (Wildman–Crippen LogP) is 2.57. The van der Waals surface area contributed by atoms with Crippen LogP contribution in [0.2, 0.25) is 5.02 Å². The molecule has 0 aromatic heterocycles. The lowest BCUT2D eigenvalue weighted by atomic mass is 9.91. The van der Waals surface area contributed by atoms with Crippen LogP contribution in [0.1, 0.15) is 24.4 Å². The van der Waals surface area contributed by atoms with Crippen LogP contribution in [0.25, 0.3) is 0 Å². The molecule has 1 aromatic carbocycles. The topological polar surface area (TPSA) is 29.3 Å². The molecule has 1 aliphatic rings. The molecule has 88 valence electrons. The predicted molar refractivity (Wildman–Crippen MR) is 64.0 cm³/mol. The van der Waals surface area contributed by atoms with Gasteiger partial charge in [-0.15, -0.1) is 0 Å². The van der Waals surface area contributed by atoms with Gasteiger partial charge in [0.2, 0.25) is 0 Å². The second-order valence-electron chi connectivity index (χ2n) is 4.37. The molecule has 0 amide bonds. The quantitative estimate of drug-likeness (QED) is 0.820. The fourth-order valence-corrected chi connectivity index (χ4v) is 2.70. The molecule has 2 rings (SSSR count). The molecule has 0 aliphatic carbocycles. The Morgan fingerprint density at radius 3 is 2.88 bits per heavy atom. The van der Waals surface area contributed by atoms with Crippen molar-refractivity contribution in [1.29, 1.82) is 0 Å². The van der Waals surface area contributed by atoms with E-state index >= 15 is 0 Å². The van der Waals surface area contributed by atoms with Crippen LogP contribution in [-0.2, 0) is 0 Å². The summed E-state index contributed by atoms with van der Waals surface area (Å²) in [5.41, 5.74) is 6.61. The highest BCUT2D eigenvalue weighted by molar-refractivity contribution is 6.31. The number of piperidine rings is 1. The Labute approximate surface area is 100 Å². The monoisotopic (exact) mass is 242 g/mol. The number of halogens is 2. The summed E-state index contributed by atoms with van der Waals surface area (Å²) in [4.78, 5) is 2.08. The van der Waals surface area contributed by atoms with Crippen LogP contribution in [0.4, 0.5) is 4.39 Å². The van der Waals surface area contributed by atoms with Gasteiger partial charge in [-0.2, -0.15) is 0 Å². The molecule has 1 aliphatic heterocycles. The molecule has 1 fully saturated rings. The third-order valence-corrected chi connectivity index (χ3v) is 3.55. The molecule has 4 heteroatoms. The first kappa shape index (κ1) is 11.8. The van der Waals surface area contributed by atoms with Gasteiger partial charge in [0, 0.05) is 16.6 Å². The highest BCUT2D eigenvalue weighted by Gasteiger charge is 2.31. The van der Waals surface area contributed by atoms with Gasteiger partial charge < -0.3 is 5.73 Å². The van der Waals surface area contributed by atoms with Gasteiger partial charge in [0.05, 0.1) is 6.04 Å². The zero-order valence-electron chi connectivity index (χ0n) is 9.29. The van der Waals surface area contributed by atoms with E-state index < -0.39 is 0 Å². The number of hydrogen-bond donors (Lipinski definition) is 1. The zero-order valence-corrected chi connectivity index (χ0v) is 10.0. The summed E-state index contributed by atoms with van der Waals surface area (Å²) in [6.45, 7) is 0.934. The summed E-state index contributed by atoms with van der Waals surface area (Å²) >= 11 is 6.07. The van der Waals surface area contributed by atoms with Gasteiger partial charge in [0.1, 0.15) is 5.82 Å². The highest BCUT2D eigenvalue weighted by atomic mass is 35.5. The van der Waals surface area contributed by atoms with Crippen LogP contribution < -0.4 is 5.73 Å². The molecule has 2 unspecified atom stereocenters. The summed E-state index contributed by atoms with van der Waals surface area (Å²) < 4.78 is 13.8. The number of benzene rings is 1. The van der Waals surface area contributed by atoms with Crippen LogP contribution in [0.3, 0.4) is 0 Å². The van der Waals surface area contributed by atoms with Gasteiger partial charge in [0.15, 0.2) is 0 Å². The molecular formula is C12H16ClFN2. The average Bonchev–Trinajstić information content (AvgIpc) is 2.21. The molecule has 1 aromatic rings. The number of nitrogens with two attached hydrogens (primary N) is 1. The van der Waals surface area contributed by atoms with Crippen molar-refractivity contribution in [3.63, 3.8) is 0 Å². The maximum absolute atomic E-state index is 13.8. The summed E-state index contributed by atoms with van der Waals surface area (Å²) in [6.07, 6.45) is 1.97. The summed E-state index contributed by atoms with van der Waals surface area (Å²) in [7, 11) is 1.96. The van der Waals surface area contributed by atoms with E-state index in [0.29, 0.717) is 10.6 Å². The molecule has 16 heavy (non-hydrogen) atoms. The second kappa shape index (κ2) is 4.70. The van der Waals surface area contributed by atoms with Crippen molar-refractivity contribution < 1.29 is 4.39 Å². The molecule has 0 spiro atoms. The Kier molecular flexibility index (Phi) is 3.47. The fraction of sp³-hybridized carbons (Fsp3) is 0.500. The Morgan fingerprint density at radius 1 is 1.50 bits per heavy atom. The van der Waals surface area contributed by atoms with Crippen LogP contribution in [0.15, 0.2) is 18.2 Å². The van der Waals surface area contributed by atoms with E-state index in [-0.39, 0.29) is 17.9 Å². The first-order chi connectivity index (χ1) is 7.61. The Hall–Kier alpha value is -0.640. The molecule has 0 radical (unpaired) electrons. The van der Waals surface area contributed by atoms with Gasteiger partial charge in [-0.05, 0) is 38.6 Å². The molecule has 1 saturated heterocycles. The maximum atomic E-state index is 13.8. The minimum atomic E-state index is -0.262. The molecule has 2 atom stereocenters. The SMILES string of the molecule is CN1CCCC(N)C1c1c(F)cccc1Cl. The second-order valence-corrected chi connectivity index (χ2v) is 4.77. The lowest BCUT2D eigenvalue weighted by Crippen LogP contribution is -2.44. The number of nitrogens with zero attached hydrogens (tertiary/aromatic N) is 1. The van der Waals surface area contributed by atoms with Gasteiger partial charge in [0.25, 0.3) is 0 Å². The van der Waals surface area contributed by atoms with Crippen molar-refractivity contribution in [3.05, 3.63) is 34.6 Å². The van der Waals surface area contributed by atoms with E-state index in [1.54, 1.807) is 12.1 Å². The molecular weight excluding hydrogens is 227 g/mol. The third-order valence-electron chi connectivity index (χ3n) is 3.22. The van der Waals surface area contributed by atoms with Crippen LogP contribution in [0.5, 0.6) is 0 Å². The van der Waals surface area contributed by atoms with E-state index in [4.69, 9.17) is 17.3 Å². The number of likely N-dealkylation sites (tertiary alicyclic amines) is 1. The Balaban J connectivity index is 2.41. The van der Waals surface area contributed by atoms with Crippen molar-refractivity contribution in [2.75, 3.05) is 13.6 Å². The van der Waals surface area contributed by atoms with Gasteiger partial charge in [-0.25, -0.2) is 4.39 Å². The normalized spacial score (nSPS) is 27.0. The van der Waals surface area contributed by atoms with Crippen molar-refractivity contribution in [1.82, 2.24) is 4.90 Å². The lowest BCUT2D eigenvalue weighted by Gasteiger charge is -2.38. The first-order valence-corrected chi connectivity index (χ1v) is 5.89. The average molecular weight is 243 g/mol. The van der Waals surface area contributed by atoms with E-state index in [1.165, 1.54) is 6.07 Å². The Morgan fingerprint density at radius 2 is 2.25 bits per heavy atom. The number of likely N-dealkylation sites (N-methyl/N-ethyl adjacent to an activating group) is 1. The van der Waals surface area contributed by atoms with Gasteiger partial charge in [-0.3, -0.25) is 4.90 Å². The lowest BCUT2D eigenvalue weighted by molar-refractivity contribution is 0.159. The summed E-state index contributed by atoms with van der Waals surface area (Å²) in [5, 5.41) is 0.467. The van der Waals surface area contributed by atoms with Crippen molar-refractivity contribution >= 4 is 11.6 Å². The molecule has 2 N–H and O–H groups in total.